The fourth-order valence-corrected chi connectivity index (χ4v) is 6.63. The van der Waals surface area contributed by atoms with Crippen molar-refractivity contribution < 1.29 is 29.3 Å². The molecule has 8 nitrogen and oxygen atoms in total. The molecule has 1 spiro atoms. The first-order valence-electron chi connectivity index (χ1n) is 12.2. The lowest BCUT2D eigenvalue weighted by Gasteiger charge is -2.40. The number of carboxylic acid groups (broad SMARTS) is 1. The van der Waals surface area contributed by atoms with Gasteiger partial charge in [0.25, 0.3) is 0 Å². The predicted molar refractivity (Wildman–Crippen MR) is 117 cm³/mol. The van der Waals surface area contributed by atoms with Crippen molar-refractivity contribution in [3.8, 4) is 0 Å². The molecule has 178 valence electrons. The van der Waals surface area contributed by atoms with Gasteiger partial charge < -0.3 is 24.7 Å². The van der Waals surface area contributed by atoms with Crippen LogP contribution < -0.4 is 0 Å². The first kappa shape index (κ1) is 23.2. The zero-order valence-corrected chi connectivity index (χ0v) is 18.8. The van der Waals surface area contributed by atoms with Gasteiger partial charge in [0.05, 0.1) is 17.9 Å². The zero-order chi connectivity index (χ0) is 22.9. The fourth-order valence-electron chi connectivity index (χ4n) is 6.63. The lowest BCUT2D eigenvalue weighted by Crippen LogP contribution is -2.58. The second kappa shape index (κ2) is 9.51. The Bertz CT molecular complexity index is 751. The molecule has 3 aliphatic heterocycles. The first-order chi connectivity index (χ1) is 15.5. The standard InChI is InChI=1S/C24H36N2O6/c1-2-13-25(16-9-5-3-6-10-16)22(29)20-24-12-11-17(32-24)18(23(30)31)19(24)21(28)26(20)14-7-4-8-15-27/h2,16-20,27H,1,3-15H2,(H,30,31)/t17-,18+,19-,20?,24?/m0/s1. The molecule has 8 heteroatoms. The molecule has 4 aliphatic rings. The number of fused-ring (bicyclic) bond motifs is 1. The number of hydrogen-bond donors (Lipinski definition) is 2. The van der Waals surface area contributed by atoms with Crippen LogP contribution in [0, 0.1) is 11.8 Å². The number of aliphatic hydroxyl groups is 1. The predicted octanol–water partition coefficient (Wildman–Crippen LogP) is 1.96. The molecule has 0 aromatic heterocycles. The Hall–Kier alpha value is -1.93. The maximum absolute atomic E-state index is 14.1. The number of amides is 2. The third kappa shape index (κ3) is 3.75. The van der Waals surface area contributed by atoms with Crippen LogP contribution in [0.1, 0.15) is 64.2 Å². The topological polar surface area (TPSA) is 107 Å². The summed E-state index contributed by atoms with van der Waals surface area (Å²) in [5.41, 5.74) is -1.05. The van der Waals surface area contributed by atoms with E-state index in [-0.39, 0.29) is 24.5 Å². The zero-order valence-electron chi connectivity index (χ0n) is 18.8. The number of ether oxygens (including phenoxy) is 1. The highest BCUT2D eigenvalue weighted by molar-refractivity contribution is 5.98. The van der Waals surface area contributed by atoms with E-state index < -0.39 is 35.6 Å². The Morgan fingerprint density at radius 3 is 2.59 bits per heavy atom. The summed E-state index contributed by atoms with van der Waals surface area (Å²) >= 11 is 0. The van der Waals surface area contributed by atoms with Crippen LogP contribution in [0.2, 0.25) is 0 Å². The molecule has 1 aliphatic carbocycles. The van der Waals surface area contributed by atoms with Crippen molar-refractivity contribution in [1.82, 2.24) is 9.80 Å². The molecule has 3 heterocycles. The van der Waals surface area contributed by atoms with E-state index in [1.165, 1.54) is 6.42 Å². The quantitative estimate of drug-likeness (QED) is 0.391. The monoisotopic (exact) mass is 448 g/mol. The van der Waals surface area contributed by atoms with E-state index in [2.05, 4.69) is 6.58 Å². The van der Waals surface area contributed by atoms with Gasteiger partial charge in [0.15, 0.2) is 0 Å². The highest BCUT2D eigenvalue weighted by Crippen LogP contribution is 2.58. The summed E-state index contributed by atoms with van der Waals surface area (Å²) in [6.07, 6.45) is 9.56. The molecule has 4 fully saturated rings. The SMILES string of the molecule is C=CCN(C(=O)C1N(CCCCCO)C(=O)[C@@H]2[C@H](C(=O)O)[C@@H]3CCC12O3)C1CCCCC1. The summed E-state index contributed by atoms with van der Waals surface area (Å²) in [5, 5.41) is 19.0. The van der Waals surface area contributed by atoms with E-state index in [9.17, 15) is 19.5 Å². The minimum atomic E-state index is -1.05. The van der Waals surface area contributed by atoms with E-state index in [0.717, 1.165) is 32.1 Å². The number of rotatable bonds is 10. The maximum Gasteiger partial charge on any atom is 0.310 e. The van der Waals surface area contributed by atoms with Crippen LogP contribution in [0.3, 0.4) is 0 Å². The van der Waals surface area contributed by atoms with Gasteiger partial charge in [-0.3, -0.25) is 14.4 Å². The molecule has 2 unspecified atom stereocenters. The number of carbonyl (C=O) groups excluding carboxylic acids is 2. The molecule has 4 rings (SSSR count). The van der Waals surface area contributed by atoms with Crippen LogP contribution in [0.4, 0.5) is 0 Å². The van der Waals surface area contributed by atoms with Gasteiger partial charge in [0, 0.05) is 25.7 Å². The summed E-state index contributed by atoms with van der Waals surface area (Å²) in [4.78, 5) is 43.2. The van der Waals surface area contributed by atoms with E-state index >= 15 is 0 Å². The van der Waals surface area contributed by atoms with Gasteiger partial charge in [0.2, 0.25) is 11.8 Å². The van der Waals surface area contributed by atoms with E-state index in [1.807, 2.05) is 4.90 Å². The summed E-state index contributed by atoms with van der Waals surface area (Å²) in [6.45, 7) is 4.73. The third-order valence-corrected chi connectivity index (χ3v) is 8.00. The van der Waals surface area contributed by atoms with Crippen molar-refractivity contribution in [2.24, 2.45) is 11.8 Å². The number of nitrogens with zero attached hydrogens (tertiary/aromatic N) is 2. The average Bonchev–Trinajstić information content (AvgIpc) is 3.43. The Balaban J connectivity index is 1.66. The molecule has 0 aromatic rings. The molecule has 2 amide bonds. The molecule has 0 radical (unpaired) electrons. The fraction of sp³-hybridized carbons (Fsp3) is 0.792. The van der Waals surface area contributed by atoms with Gasteiger partial charge in [-0.1, -0.05) is 25.3 Å². The van der Waals surface area contributed by atoms with Gasteiger partial charge in [-0.15, -0.1) is 6.58 Å². The van der Waals surface area contributed by atoms with E-state index in [0.29, 0.717) is 38.8 Å². The third-order valence-electron chi connectivity index (χ3n) is 8.00. The van der Waals surface area contributed by atoms with Gasteiger partial charge >= 0.3 is 5.97 Å². The summed E-state index contributed by atoms with van der Waals surface area (Å²) in [7, 11) is 0. The number of carboxylic acids is 1. The van der Waals surface area contributed by atoms with Gasteiger partial charge in [0.1, 0.15) is 11.6 Å². The highest BCUT2D eigenvalue weighted by atomic mass is 16.5. The largest absolute Gasteiger partial charge is 0.481 e. The van der Waals surface area contributed by atoms with Crippen LogP contribution >= 0.6 is 0 Å². The summed E-state index contributed by atoms with van der Waals surface area (Å²) < 4.78 is 6.28. The Labute approximate surface area is 189 Å². The maximum atomic E-state index is 14.1. The van der Waals surface area contributed by atoms with Crippen LogP contribution in [-0.2, 0) is 19.1 Å². The summed E-state index contributed by atoms with van der Waals surface area (Å²) in [6, 6.07) is -0.671. The Morgan fingerprint density at radius 1 is 1.19 bits per heavy atom. The molecular formula is C24H36N2O6. The normalized spacial score (nSPS) is 34.0. The number of likely N-dealkylation sites (tertiary alicyclic amines) is 1. The number of carbonyl (C=O) groups is 3. The lowest BCUT2D eigenvalue weighted by atomic mass is 9.70. The molecule has 32 heavy (non-hydrogen) atoms. The number of unbranched alkanes of at least 4 members (excludes halogenated alkanes) is 2. The molecule has 1 saturated carbocycles. The Kier molecular flexibility index (Phi) is 6.91. The van der Waals surface area contributed by atoms with Gasteiger partial charge in [-0.05, 0) is 44.9 Å². The van der Waals surface area contributed by atoms with E-state index in [4.69, 9.17) is 9.84 Å². The minimum absolute atomic E-state index is 0.0868. The van der Waals surface area contributed by atoms with Crippen LogP contribution in [0.25, 0.3) is 0 Å². The van der Waals surface area contributed by atoms with Crippen molar-refractivity contribution in [2.75, 3.05) is 19.7 Å². The number of hydrogen-bond acceptors (Lipinski definition) is 5. The summed E-state index contributed by atoms with van der Waals surface area (Å²) in [5.74, 6) is -3.09. The average molecular weight is 449 g/mol. The van der Waals surface area contributed by atoms with Gasteiger partial charge in [-0.25, -0.2) is 0 Å². The minimum Gasteiger partial charge on any atom is -0.481 e. The van der Waals surface area contributed by atoms with Crippen LogP contribution in [0.5, 0.6) is 0 Å². The molecule has 2 N–H and O–H groups in total. The highest BCUT2D eigenvalue weighted by Gasteiger charge is 2.74. The molecule has 2 bridgehead atoms. The second-order valence-electron chi connectivity index (χ2n) is 9.78. The van der Waals surface area contributed by atoms with Crippen molar-refractivity contribution in [3.05, 3.63) is 12.7 Å². The number of aliphatic hydroxyl groups excluding tert-OH is 1. The van der Waals surface area contributed by atoms with Crippen LogP contribution in [0.15, 0.2) is 12.7 Å². The van der Waals surface area contributed by atoms with E-state index in [1.54, 1.807) is 11.0 Å². The molecular weight excluding hydrogens is 412 g/mol. The molecule has 0 aromatic carbocycles. The molecule has 5 atom stereocenters. The van der Waals surface area contributed by atoms with Crippen molar-refractivity contribution in [1.29, 1.82) is 0 Å². The van der Waals surface area contributed by atoms with Crippen molar-refractivity contribution in [2.45, 2.75) is 88.0 Å². The second-order valence-corrected chi connectivity index (χ2v) is 9.78. The molecule has 3 saturated heterocycles. The van der Waals surface area contributed by atoms with Crippen molar-refractivity contribution >= 4 is 17.8 Å². The van der Waals surface area contributed by atoms with Crippen LogP contribution in [-0.4, -0.2) is 81.3 Å². The number of aliphatic carboxylic acids is 1. The Morgan fingerprint density at radius 2 is 1.94 bits per heavy atom. The lowest BCUT2D eigenvalue weighted by molar-refractivity contribution is -0.151. The first-order valence-corrected chi connectivity index (χ1v) is 12.2. The van der Waals surface area contributed by atoms with Gasteiger partial charge in [-0.2, -0.15) is 0 Å². The van der Waals surface area contributed by atoms with Crippen molar-refractivity contribution in [3.63, 3.8) is 0 Å². The smallest absolute Gasteiger partial charge is 0.310 e.